The first-order valence-corrected chi connectivity index (χ1v) is 10.8. The first-order valence-electron chi connectivity index (χ1n) is 7.54. The summed E-state index contributed by atoms with van der Waals surface area (Å²) >= 11 is 0.458. The number of halogens is 1. The molecule has 0 saturated heterocycles. The smallest absolute Gasteiger partial charge is 0.259 e. The Hall–Kier alpha value is -2.27. The summed E-state index contributed by atoms with van der Waals surface area (Å²) < 4.78 is 35.4. The second kappa shape index (κ2) is 8.61. The highest BCUT2D eigenvalue weighted by molar-refractivity contribution is 7.98. The van der Waals surface area contributed by atoms with Crippen molar-refractivity contribution < 1.29 is 17.9 Å². The molecule has 0 radical (unpaired) electrons. The van der Waals surface area contributed by atoms with Gasteiger partial charge >= 0.3 is 0 Å². The van der Waals surface area contributed by atoms with Crippen molar-refractivity contribution in [3.8, 4) is 11.3 Å². The predicted molar refractivity (Wildman–Crippen MR) is 108 cm³/mol. The van der Waals surface area contributed by atoms with Gasteiger partial charge in [-0.1, -0.05) is 12.1 Å². The lowest BCUT2D eigenvalue weighted by molar-refractivity contribution is 0.102. The van der Waals surface area contributed by atoms with Crippen LogP contribution in [0.1, 0.15) is 10.4 Å². The molecule has 0 aliphatic carbocycles. The molecule has 1 aromatic heterocycles. The molecule has 140 valence electrons. The molecule has 0 aliphatic heterocycles. The van der Waals surface area contributed by atoms with E-state index in [0.29, 0.717) is 5.13 Å². The van der Waals surface area contributed by atoms with Gasteiger partial charge in [-0.05, 0) is 36.6 Å². The molecule has 1 amide bonds. The van der Waals surface area contributed by atoms with Crippen LogP contribution < -0.4 is 10.0 Å². The van der Waals surface area contributed by atoms with Crippen molar-refractivity contribution >= 4 is 51.1 Å². The van der Waals surface area contributed by atoms with E-state index in [2.05, 4.69) is 15.0 Å². The summed E-state index contributed by atoms with van der Waals surface area (Å²) in [6.07, 6.45) is 2.00. The topological polar surface area (TPSA) is 91.3 Å². The molecule has 2 aromatic carbocycles. The zero-order valence-electron chi connectivity index (χ0n) is 13.9. The van der Waals surface area contributed by atoms with E-state index in [1.807, 2.05) is 35.9 Å². The van der Waals surface area contributed by atoms with E-state index in [1.54, 1.807) is 11.8 Å². The Balaban J connectivity index is 1.79. The first kappa shape index (κ1) is 19.5. The number of nitrogens with one attached hydrogen (secondary N) is 2. The number of thioether (sulfide) groups is 1. The van der Waals surface area contributed by atoms with Crippen molar-refractivity contribution in [2.75, 3.05) is 16.3 Å². The van der Waals surface area contributed by atoms with Gasteiger partial charge in [0.1, 0.15) is 5.82 Å². The quantitative estimate of drug-likeness (QED) is 0.402. The normalized spacial score (nSPS) is 11.8. The molecule has 1 heterocycles. The van der Waals surface area contributed by atoms with Gasteiger partial charge in [0.15, 0.2) is 5.13 Å². The van der Waals surface area contributed by atoms with Crippen LogP contribution in [0.2, 0.25) is 0 Å². The lowest BCUT2D eigenvalue weighted by Gasteiger charge is -2.09. The Morgan fingerprint density at radius 2 is 2.00 bits per heavy atom. The van der Waals surface area contributed by atoms with Crippen LogP contribution >= 0.6 is 23.1 Å². The Bertz CT molecular complexity index is 993. The van der Waals surface area contributed by atoms with Crippen LogP contribution in [0.25, 0.3) is 11.3 Å². The molecular formula is C17H14FN3O3S3. The van der Waals surface area contributed by atoms with E-state index in [0.717, 1.165) is 28.3 Å². The van der Waals surface area contributed by atoms with E-state index in [-0.39, 0.29) is 11.3 Å². The Labute approximate surface area is 165 Å². The number of hydrogen-bond donors (Lipinski definition) is 3. The van der Waals surface area contributed by atoms with Gasteiger partial charge in [0.05, 0.1) is 16.9 Å². The molecule has 3 N–H and O–H groups in total. The van der Waals surface area contributed by atoms with E-state index < -0.39 is 23.0 Å². The van der Waals surface area contributed by atoms with Crippen molar-refractivity contribution in [3.05, 3.63) is 59.2 Å². The molecule has 0 aliphatic rings. The summed E-state index contributed by atoms with van der Waals surface area (Å²) in [4.78, 5) is 18.0. The summed E-state index contributed by atoms with van der Waals surface area (Å²) in [5.41, 5.74) is 1.58. The van der Waals surface area contributed by atoms with Crippen molar-refractivity contribution in [2.24, 2.45) is 0 Å². The van der Waals surface area contributed by atoms with Gasteiger partial charge in [-0.3, -0.25) is 19.4 Å². The third kappa shape index (κ3) is 4.92. The highest BCUT2D eigenvalue weighted by atomic mass is 32.2. The second-order valence-corrected chi connectivity index (χ2v) is 7.70. The first-order chi connectivity index (χ1) is 13.0. The maximum absolute atomic E-state index is 13.4. The molecule has 0 spiro atoms. The minimum atomic E-state index is -2.43. The van der Waals surface area contributed by atoms with Crippen molar-refractivity contribution in [1.29, 1.82) is 0 Å². The minimum absolute atomic E-state index is 0.0277. The van der Waals surface area contributed by atoms with Gasteiger partial charge in [-0.15, -0.1) is 23.1 Å². The van der Waals surface area contributed by atoms with Crippen LogP contribution in [0.3, 0.4) is 0 Å². The monoisotopic (exact) mass is 423 g/mol. The Morgan fingerprint density at radius 3 is 2.67 bits per heavy atom. The van der Waals surface area contributed by atoms with Crippen LogP contribution in [-0.2, 0) is 11.3 Å². The highest BCUT2D eigenvalue weighted by Gasteiger charge is 2.16. The number of thiazole rings is 1. The van der Waals surface area contributed by atoms with Crippen LogP contribution in [0, 0.1) is 5.82 Å². The number of rotatable bonds is 6. The molecule has 1 atom stereocenters. The Morgan fingerprint density at radius 1 is 1.26 bits per heavy atom. The molecule has 1 unspecified atom stereocenters. The van der Waals surface area contributed by atoms with Gasteiger partial charge in [-0.25, -0.2) is 13.6 Å². The minimum Gasteiger partial charge on any atom is -0.298 e. The van der Waals surface area contributed by atoms with Gasteiger partial charge in [-0.2, -0.15) is 0 Å². The SMILES string of the molecule is CSc1ccc(-c2csc(NC(=O)c3ccc(F)cc3NS(=O)O)n2)cc1. The molecule has 6 nitrogen and oxygen atoms in total. The van der Waals surface area contributed by atoms with E-state index in [1.165, 1.54) is 17.4 Å². The second-order valence-electron chi connectivity index (χ2n) is 5.26. The fourth-order valence-electron chi connectivity index (χ4n) is 2.28. The molecular weight excluding hydrogens is 409 g/mol. The number of benzene rings is 2. The summed E-state index contributed by atoms with van der Waals surface area (Å²) in [7, 11) is 0. The standard InChI is InChI=1S/C17H14FN3O3S3/c1-25-12-5-2-10(3-6-12)15-9-26-17(19-15)20-16(22)13-7-4-11(18)8-14(13)21-27(23)24/h2-9,21H,1H3,(H,23,24)(H,19,20,22). The number of carbonyl (C=O) groups is 1. The average molecular weight is 424 g/mol. The fourth-order valence-corrected chi connectivity index (χ4v) is 3.76. The summed E-state index contributed by atoms with van der Waals surface area (Å²) in [5, 5.41) is 4.81. The lowest BCUT2D eigenvalue weighted by atomic mass is 10.1. The van der Waals surface area contributed by atoms with Crippen molar-refractivity contribution in [3.63, 3.8) is 0 Å². The summed E-state index contributed by atoms with van der Waals surface area (Å²) in [6, 6.07) is 11.2. The van der Waals surface area contributed by atoms with Gasteiger partial charge in [0.2, 0.25) is 0 Å². The van der Waals surface area contributed by atoms with Gasteiger partial charge in [0.25, 0.3) is 17.2 Å². The number of carbonyl (C=O) groups excluding carboxylic acids is 1. The van der Waals surface area contributed by atoms with Gasteiger partial charge < -0.3 is 0 Å². The fraction of sp³-hybridized carbons (Fsp3) is 0.0588. The van der Waals surface area contributed by atoms with E-state index >= 15 is 0 Å². The number of nitrogens with zero attached hydrogens (tertiary/aromatic N) is 1. The maximum atomic E-state index is 13.4. The number of aromatic nitrogens is 1. The molecule has 0 saturated carbocycles. The predicted octanol–water partition coefficient (Wildman–Crippen LogP) is 4.47. The molecule has 0 fully saturated rings. The van der Waals surface area contributed by atoms with Gasteiger partial charge in [0, 0.05) is 15.8 Å². The number of amides is 1. The maximum Gasteiger partial charge on any atom is 0.259 e. The molecule has 0 bridgehead atoms. The van der Waals surface area contributed by atoms with E-state index in [4.69, 9.17) is 4.55 Å². The van der Waals surface area contributed by atoms with Crippen molar-refractivity contribution in [2.45, 2.75) is 4.90 Å². The third-order valence-electron chi connectivity index (χ3n) is 3.53. The Kier molecular flexibility index (Phi) is 6.22. The average Bonchev–Trinajstić information content (AvgIpc) is 3.09. The highest BCUT2D eigenvalue weighted by Crippen LogP contribution is 2.27. The molecule has 27 heavy (non-hydrogen) atoms. The van der Waals surface area contributed by atoms with Crippen LogP contribution in [0.5, 0.6) is 0 Å². The molecule has 3 aromatic rings. The summed E-state index contributed by atoms with van der Waals surface area (Å²) in [6.45, 7) is 0. The van der Waals surface area contributed by atoms with Crippen LogP contribution in [-0.4, -0.2) is 25.9 Å². The largest absolute Gasteiger partial charge is 0.298 e. The van der Waals surface area contributed by atoms with Crippen molar-refractivity contribution in [1.82, 2.24) is 4.98 Å². The zero-order chi connectivity index (χ0) is 19.4. The van der Waals surface area contributed by atoms with Crippen LogP contribution in [0.15, 0.2) is 52.7 Å². The molecule has 10 heteroatoms. The number of anilines is 2. The van der Waals surface area contributed by atoms with E-state index in [9.17, 15) is 13.4 Å². The molecule has 3 rings (SSSR count). The lowest BCUT2D eigenvalue weighted by Crippen LogP contribution is -2.15. The number of hydrogen-bond acceptors (Lipinski definition) is 5. The third-order valence-corrected chi connectivity index (χ3v) is 5.43. The van der Waals surface area contributed by atoms with Crippen LogP contribution in [0.4, 0.5) is 15.2 Å². The zero-order valence-corrected chi connectivity index (χ0v) is 16.4. The summed E-state index contributed by atoms with van der Waals surface area (Å²) in [5.74, 6) is -1.20.